The molecule has 1 heterocycles. The van der Waals surface area contributed by atoms with Gasteiger partial charge < -0.3 is 21.1 Å². The van der Waals surface area contributed by atoms with E-state index in [1.807, 2.05) is 12.1 Å². The van der Waals surface area contributed by atoms with Gasteiger partial charge in [-0.05, 0) is 40.6 Å². The van der Waals surface area contributed by atoms with E-state index >= 15 is 0 Å². The highest BCUT2D eigenvalue weighted by Gasteiger charge is 2.15. The first-order chi connectivity index (χ1) is 14.4. The van der Waals surface area contributed by atoms with Crippen LogP contribution in [-0.2, 0) is 13.2 Å². The van der Waals surface area contributed by atoms with E-state index in [1.54, 1.807) is 24.3 Å². The first-order valence-corrected chi connectivity index (χ1v) is 9.99. The summed E-state index contributed by atoms with van der Waals surface area (Å²) in [6, 6.07) is 10.6. The molecule has 0 saturated carbocycles. The Kier molecular flexibility index (Phi) is 9.67. The second-order valence-electron chi connectivity index (χ2n) is 6.21. The molecule has 0 aliphatic heterocycles. The molecule has 4 N–H and O–H groups in total. The molecular formula is C19H19Cl4N5O3. The van der Waals surface area contributed by atoms with Crippen molar-refractivity contribution in [2.24, 2.45) is 0 Å². The van der Waals surface area contributed by atoms with Crippen LogP contribution in [0.3, 0.4) is 0 Å². The molecule has 0 atom stereocenters. The maximum atomic E-state index is 11.9. The number of halogens is 4. The fourth-order valence-electron chi connectivity index (χ4n) is 2.55. The minimum absolute atomic E-state index is 0. The number of ether oxygens (including phenoxy) is 1. The van der Waals surface area contributed by atoms with Gasteiger partial charge in [-0.3, -0.25) is 4.79 Å². The van der Waals surface area contributed by atoms with Crippen LogP contribution in [0.2, 0.25) is 15.1 Å². The first-order valence-electron chi connectivity index (χ1n) is 8.86. The molecule has 0 radical (unpaired) electrons. The second kappa shape index (κ2) is 12.0. The monoisotopic (exact) mass is 505 g/mol. The summed E-state index contributed by atoms with van der Waals surface area (Å²) in [6.07, 6.45) is 0. The third kappa shape index (κ3) is 7.15. The SMILES string of the molecule is Cl.Nc1nonc1C(=O)NCCNCc1cc(Cl)ccc1OCc1ccc(Cl)cc1Cl. The van der Waals surface area contributed by atoms with Crippen molar-refractivity contribution in [2.45, 2.75) is 13.2 Å². The van der Waals surface area contributed by atoms with E-state index in [2.05, 4.69) is 25.6 Å². The van der Waals surface area contributed by atoms with Gasteiger partial charge in [0.1, 0.15) is 12.4 Å². The Labute approximate surface area is 199 Å². The fraction of sp³-hybridized carbons (Fsp3) is 0.211. The van der Waals surface area contributed by atoms with E-state index in [1.165, 1.54) is 0 Å². The molecule has 1 amide bonds. The van der Waals surface area contributed by atoms with Crippen molar-refractivity contribution >= 4 is 58.9 Å². The van der Waals surface area contributed by atoms with Crippen molar-refractivity contribution in [1.29, 1.82) is 0 Å². The second-order valence-corrected chi connectivity index (χ2v) is 7.49. The van der Waals surface area contributed by atoms with E-state index in [0.29, 0.717) is 40.5 Å². The van der Waals surface area contributed by atoms with Gasteiger partial charge in [0.15, 0.2) is 0 Å². The lowest BCUT2D eigenvalue weighted by Gasteiger charge is -2.14. The maximum absolute atomic E-state index is 11.9. The van der Waals surface area contributed by atoms with Gasteiger partial charge >= 0.3 is 0 Å². The summed E-state index contributed by atoms with van der Waals surface area (Å²) < 4.78 is 10.3. The van der Waals surface area contributed by atoms with Crippen molar-refractivity contribution in [2.75, 3.05) is 18.8 Å². The normalized spacial score (nSPS) is 10.4. The highest BCUT2D eigenvalue weighted by Crippen LogP contribution is 2.26. The molecule has 0 aliphatic rings. The smallest absolute Gasteiger partial charge is 0.277 e. The number of nitrogen functional groups attached to an aromatic ring is 1. The van der Waals surface area contributed by atoms with Crippen molar-refractivity contribution in [3.8, 4) is 5.75 Å². The Morgan fingerprint density at radius 1 is 1.03 bits per heavy atom. The van der Waals surface area contributed by atoms with E-state index in [9.17, 15) is 4.79 Å². The zero-order chi connectivity index (χ0) is 21.5. The van der Waals surface area contributed by atoms with Crippen LogP contribution in [0.15, 0.2) is 41.0 Å². The Balaban J connectivity index is 0.00000341. The van der Waals surface area contributed by atoms with E-state index in [-0.39, 0.29) is 30.5 Å². The van der Waals surface area contributed by atoms with Crippen molar-refractivity contribution in [3.05, 3.63) is 68.3 Å². The predicted octanol–water partition coefficient (Wildman–Crippen LogP) is 4.13. The number of carbonyl (C=O) groups excluding carboxylic acids is 1. The van der Waals surface area contributed by atoms with Crippen LogP contribution in [-0.4, -0.2) is 29.3 Å². The van der Waals surface area contributed by atoms with E-state index in [0.717, 1.165) is 11.1 Å². The molecule has 0 bridgehead atoms. The quantitative estimate of drug-likeness (QED) is 0.373. The van der Waals surface area contributed by atoms with Crippen LogP contribution in [0.5, 0.6) is 5.75 Å². The van der Waals surface area contributed by atoms with Crippen LogP contribution < -0.4 is 21.1 Å². The molecule has 166 valence electrons. The van der Waals surface area contributed by atoms with E-state index < -0.39 is 5.91 Å². The molecule has 0 fully saturated rings. The number of anilines is 1. The summed E-state index contributed by atoms with van der Waals surface area (Å²) in [5.41, 5.74) is 7.12. The lowest BCUT2D eigenvalue weighted by molar-refractivity contribution is 0.0944. The van der Waals surface area contributed by atoms with Gasteiger partial charge in [-0.1, -0.05) is 40.9 Å². The Bertz CT molecular complexity index is 1030. The summed E-state index contributed by atoms with van der Waals surface area (Å²) in [7, 11) is 0. The zero-order valence-electron chi connectivity index (χ0n) is 16.0. The molecule has 0 unspecified atom stereocenters. The van der Waals surface area contributed by atoms with Gasteiger partial charge in [-0.2, -0.15) is 0 Å². The number of hydrogen-bond acceptors (Lipinski definition) is 7. The average molecular weight is 507 g/mol. The van der Waals surface area contributed by atoms with Gasteiger partial charge in [0.2, 0.25) is 11.5 Å². The molecule has 12 heteroatoms. The third-order valence-corrected chi connectivity index (χ3v) is 4.87. The molecule has 31 heavy (non-hydrogen) atoms. The van der Waals surface area contributed by atoms with E-state index in [4.69, 9.17) is 45.3 Å². The molecule has 3 rings (SSSR count). The van der Waals surface area contributed by atoms with Crippen LogP contribution in [0.25, 0.3) is 0 Å². The molecule has 8 nitrogen and oxygen atoms in total. The number of nitrogens with two attached hydrogens (primary N) is 1. The molecule has 2 aromatic carbocycles. The minimum Gasteiger partial charge on any atom is -0.489 e. The van der Waals surface area contributed by atoms with Gasteiger partial charge in [0, 0.05) is 45.8 Å². The highest BCUT2D eigenvalue weighted by molar-refractivity contribution is 6.35. The van der Waals surface area contributed by atoms with Crippen LogP contribution in [0.1, 0.15) is 21.6 Å². The predicted molar refractivity (Wildman–Crippen MR) is 122 cm³/mol. The number of hydrogen-bond donors (Lipinski definition) is 3. The highest BCUT2D eigenvalue weighted by atomic mass is 35.5. The first kappa shape index (κ1) is 25.0. The van der Waals surface area contributed by atoms with Gasteiger partial charge in [0.25, 0.3) is 5.91 Å². The molecular weight excluding hydrogens is 488 g/mol. The Morgan fingerprint density at radius 2 is 1.77 bits per heavy atom. The number of rotatable bonds is 9. The summed E-state index contributed by atoms with van der Waals surface area (Å²) in [4.78, 5) is 11.9. The van der Waals surface area contributed by atoms with Crippen molar-refractivity contribution in [3.63, 3.8) is 0 Å². The number of aromatic nitrogens is 2. The standard InChI is InChI=1S/C19H18Cl3N5O3.ClH/c20-13-3-4-16(29-10-11-1-2-14(21)8-15(11)22)12(7-13)9-24-5-6-25-19(28)17-18(23)27-30-26-17;/h1-4,7-8,24H,5-6,9-10H2,(H2,23,27)(H,25,28);1H. The average Bonchev–Trinajstić information content (AvgIpc) is 3.14. The summed E-state index contributed by atoms with van der Waals surface area (Å²) >= 11 is 18.2. The lowest BCUT2D eigenvalue weighted by Crippen LogP contribution is -2.32. The third-order valence-electron chi connectivity index (χ3n) is 4.05. The lowest BCUT2D eigenvalue weighted by atomic mass is 10.2. The van der Waals surface area contributed by atoms with Crippen LogP contribution >= 0.6 is 47.2 Å². The Hall–Kier alpha value is -2.23. The van der Waals surface area contributed by atoms with Gasteiger partial charge in [-0.25, -0.2) is 4.63 Å². The van der Waals surface area contributed by atoms with Gasteiger partial charge in [0.05, 0.1) is 0 Å². The molecule has 0 saturated heterocycles. The largest absolute Gasteiger partial charge is 0.489 e. The number of benzene rings is 2. The van der Waals surface area contributed by atoms with Crippen molar-refractivity contribution < 1.29 is 14.2 Å². The molecule has 0 spiro atoms. The van der Waals surface area contributed by atoms with Gasteiger partial charge in [-0.15, -0.1) is 12.4 Å². The molecule has 1 aromatic heterocycles. The number of carbonyl (C=O) groups is 1. The summed E-state index contributed by atoms with van der Waals surface area (Å²) in [5, 5.41) is 14.4. The maximum Gasteiger partial charge on any atom is 0.277 e. The van der Waals surface area contributed by atoms with Crippen molar-refractivity contribution in [1.82, 2.24) is 20.9 Å². The fourth-order valence-corrected chi connectivity index (χ4v) is 3.20. The summed E-state index contributed by atoms with van der Waals surface area (Å²) in [5.74, 6) is 0.160. The number of amides is 1. The number of nitrogens with zero attached hydrogens (tertiary/aromatic N) is 2. The van der Waals surface area contributed by atoms with Crippen LogP contribution in [0.4, 0.5) is 5.82 Å². The number of nitrogens with one attached hydrogen (secondary N) is 2. The molecule has 0 aliphatic carbocycles. The summed E-state index contributed by atoms with van der Waals surface area (Å²) in [6.45, 7) is 1.61. The minimum atomic E-state index is -0.456. The zero-order valence-corrected chi connectivity index (χ0v) is 19.1. The Morgan fingerprint density at radius 3 is 2.48 bits per heavy atom. The topological polar surface area (TPSA) is 115 Å². The molecule has 3 aromatic rings. The van der Waals surface area contributed by atoms with Crippen LogP contribution in [0, 0.1) is 0 Å².